The molecule has 1 aromatic heterocycles. The molecule has 0 amide bonds. The van der Waals surface area contributed by atoms with Crippen LogP contribution in [0, 0.1) is 10.1 Å². The van der Waals surface area contributed by atoms with Gasteiger partial charge in [-0.3, -0.25) is 14.9 Å². The Bertz CT molecular complexity index is 598. The van der Waals surface area contributed by atoms with Gasteiger partial charge in [-0.2, -0.15) is 0 Å². The fourth-order valence-electron chi connectivity index (χ4n) is 1.35. The Morgan fingerprint density at radius 1 is 1.28 bits per heavy atom. The van der Waals surface area contributed by atoms with Gasteiger partial charge in [-0.25, -0.2) is 4.98 Å². The fourth-order valence-corrected chi connectivity index (χ4v) is 1.35. The fraction of sp³-hybridized carbons (Fsp3) is 0. The summed E-state index contributed by atoms with van der Waals surface area (Å²) in [5.41, 5.74) is 0.195. The highest BCUT2D eigenvalue weighted by Crippen LogP contribution is 2.25. The van der Waals surface area contributed by atoms with Crippen LogP contribution in [0.15, 0.2) is 42.6 Å². The lowest BCUT2D eigenvalue weighted by Crippen LogP contribution is -1.94. The number of aldehydes is 1. The monoisotopic (exact) mass is 244 g/mol. The second-order valence-electron chi connectivity index (χ2n) is 3.37. The van der Waals surface area contributed by atoms with E-state index >= 15 is 0 Å². The lowest BCUT2D eigenvalue weighted by molar-refractivity contribution is -0.384. The molecule has 2 aromatic rings. The highest BCUT2D eigenvalue weighted by molar-refractivity contribution is 5.78. The zero-order valence-corrected chi connectivity index (χ0v) is 9.15. The molecule has 6 heteroatoms. The van der Waals surface area contributed by atoms with Gasteiger partial charge in [0.15, 0.2) is 6.29 Å². The first-order chi connectivity index (χ1) is 8.70. The van der Waals surface area contributed by atoms with Gasteiger partial charge in [0, 0.05) is 12.3 Å². The van der Waals surface area contributed by atoms with Crippen molar-refractivity contribution in [2.45, 2.75) is 0 Å². The molecular formula is C12H8N2O4. The predicted octanol–water partition coefficient (Wildman–Crippen LogP) is 2.59. The standard InChI is InChI=1S/C12H8N2O4/c15-8-9-3-2-6-13-12(9)18-11-5-1-4-10(7-11)14(16)17/h1-8H. The van der Waals surface area contributed by atoms with Gasteiger partial charge in [0.2, 0.25) is 5.88 Å². The second-order valence-corrected chi connectivity index (χ2v) is 3.37. The van der Waals surface area contributed by atoms with E-state index in [0.29, 0.717) is 6.29 Å². The van der Waals surface area contributed by atoms with Gasteiger partial charge in [0.1, 0.15) is 5.75 Å². The van der Waals surface area contributed by atoms with Gasteiger partial charge in [0.25, 0.3) is 5.69 Å². The molecule has 2 rings (SSSR count). The van der Waals surface area contributed by atoms with Crippen LogP contribution >= 0.6 is 0 Å². The van der Waals surface area contributed by atoms with Crippen LogP contribution in [-0.2, 0) is 0 Å². The molecule has 0 saturated carbocycles. The van der Waals surface area contributed by atoms with E-state index in [0.717, 1.165) is 0 Å². The molecule has 90 valence electrons. The Hall–Kier alpha value is -2.76. The first kappa shape index (κ1) is 11.7. The maximum atomic E-state index is 10.8. The van der Waals surface area contributed by atoms with Crippen molar-refractivity contribution in [3.63, 3.8) is 0 Å². The van der Waals surface area contributed by atoms with E-state index in [-0.39, 0.29) is 22.9 Å². The van der Waals surface area contributed by atoms with Crippen LogP contribution in [0.5, 0.6) is 11.6 Å². The zero-order valence-electron chi connectivity index (χ0n) is 9.15. The third-order valence-electron chi connectivity index (χ3n) is 2.17. The molecule has 0 radical (unpaired) electrons. The molecule has 0 fully saturated rings. The Balaban J connectivity index is 2.31. The van der Waals surface area contributed by atoms with Crippen LogP contribution < -0.4 is 4.74 Å². The van der Waals surface area contributed by atoms with Crippen molar-refractivity contribution in [1.29, 1.82) is 0 Å². The van der Waals surface area contributed by atoms with E-state index < -0.39 is 4.92 Å². The van der Waals surface area contributed by atoms with Crippen molar-refractivity contribution in [2.75, 3.05) is 0 Å². The summed E-state index contributed by atoms with van der Waals surface area (Å²) in [6.45, 7) is 0. The third-order valence-corrected chi connectivity index (χ3v) is 2.17. The van der Waals surface area contributed by atoms with E-state index in [2.05, 4.69) is 4.98 Å². The number of nitro benzene ring substituents is 1. The minimum Gasteiger partial charge on any atom is -0.438 e. The molecule has 18 heavy (non-hydrogen) atoms. The molecule has 0 saturated heterocycles. The lowest BCUT2D eigenvalue weighted by Gasteiger charge is -2.05. The predicted molar refractivity (Wildman–Crippen MR) is 62.8 cm³/mol. The Morgan fingerprint density at radius 2 is 2.11 bits per heavy atom. The van der Waals surface area contributed by atoms with Gasteiger partial charge in [-0.1, -0.05) is 6.07 Å². The summed E-state index contributed by atoms with van der Waals surface area (Å²) < 4.78 is 5.34. The second kappa shape index (κ2) is 5.05. The van der Waals surface area contributed by atoms with Crippen molar-refractivity contribution in [3.8, 4) is 11.6 Å². The van der Waals surface area contributed by atoms with Gasteiger partial charge < -0.3 is 4.74 Å². The summed E-state index contributed by atoms with van der Waals surface area (Å²) in [6, 6.07) is 8.82. The topological polar surface area (TPSA) is 82.3 Å². The molecule has 0 unspecified atom stereocenters. The molecule has 6 nitrogen and oxygen atoms in total. The molecule has 1 aromatic carbocycles. The van der Waals surface area contributed by atoms with Gasteiger partial charge in [-0.05, 0) is 18.2 Å². The smallest absolute Gasteiger partial charge is 0.273 e. The number of benzene rings is 1. The van der Waals surface area contributed by atoms with Crippen molar-refractivity contribution < 1.29 is 14.5 Å². The van der Waals surface area contributed by atoms with Crippen molar-refractivity contribution in [1.82, 2.24) is 4.98 Å². The van der Waals surface area contributed by atoms with Crippen LogP contribution in [0.25, 0.3) is 0 Å². The average Bonchev–Trinajstić information content (AvgIpc) is 2.39. The largest absolute Gasteiger partial charge is 0.438 e. The number of hydrogen-bond acceptors (Lipinski definition) is 5. The number of rotatable bonds is 4. The normalized spacial score (nSPS) is 9.78. The van der Waals surface area contributed by atoms with E-state index in [1.54, 1.807) is 18.2 Å². The highest BCUT2D eigenvalue weighted by atomic mass is 16.6. The van der Waals surface area contributed by atoms with Crippen LogP contribution in [0.1, 0.15) is 10.4 Å². The number of ether oxygens (including phenoxy) is 1. The summed E-state index contributed by atoms with van der Waals surface area (Å²) in [5, 5.41) is 10.6. The summed E-state index contributed by atoms with van der Waals surface area (Å²) in [7, 11) is 0. The quantitative estimate of drug-likeness (QED) is 0.469. The minimum absolute atomic E-state index is 0.0870. The minimum atomic E-state index is -0.522. The first-order valence-electron chi connectivity index (χ1n) is 5.03. The maximum Gasteiger partial charge on any atom is 0.273 e. The van der Waals surface area contributed by atoms with Crippen LogP contribution in [-0.4, -0.2) is 16.2 Å². The Kier molecular flexibility index (Phi) is 3.29. The van der Waals surface area contributed by atoms with Crippen LogP contribution in [0.3, 0.4) is 0 Å². The molecule has 0 spiro atoms. The number of pyridine rings is 1. The number of nitrogens with zero attached hydrogens (tertiary/aromatic N) is 2. The van der Waals surface area contributed by atoms with Gasteiger partial charge in [-0.15, -0.1) is 0 Å². The number of aromatic nitrogens is 1. The maximum absolute atomic E-state index is 10.8. The van der Waals surface area contributed by atoms with Crippen molar-refractivity contribution >= 4 is 12.0 Å². The Morgan fingerprint density at radius 3 is 2.83 bits per heavy atom. The number of carbonyl (C=O) groups is 1. The third kappa shape index (κ3) is 2.49. The average molecular weight is 244 g/mol. The summed E-state index contributed by atoms with van der Waals surface area (Å²) >= 11 is 0. The molecule has 0 aliphatic rings. The molecule has 1 heterocycles. The molecule has 0 aliphatic carbocycles. The molecule has 0 bridgehead atoms. The van der Waals surface area contributed by atoms with Gasteiger partial charge in [0.05, 0.1) is 16.6 Å². The SMILES string of the molecule is O=Cc1cccnc1Oc1cccc([N+](=O)[O-])c1. The van der Waals surface area contributed by atoms with Crippen LogP contribution in [0.2, 0.25) is 0 Å². The number of hydrogen-bond donors (Lipinski definition) is 0. The number of non-ortho nitro benzene ring substituents is 1. The van der Waals surface area contributed by atoms with E-state index in [9.17, 15) is 14.9 Å². The Labute approximate surface area is 102 Å². The lowest BCUT2D eigenvalue weighted by atomic mass is 10.3. The molecular weight excluding hydrogens is 236 g/mol. The van der Waals surface area contributed by atoms with E-state index in [1.165, 1.54) is 24.4 Å². The number of carbonyl (C=O) groups excluding carboxylic acids is 1. The zero-order chi connectivity index (χ0) is 13.0. The van der Waals surface area contributed by atoms with Crippen LogP contribution in [0.4, 0.5) is 5.69 Å². The summed E-state index contributed by atoms with van der Waals surface area (Å²) in [6.07, 6.45) is 2.08. The van der Waals surface area contributed by atoms with E-state index in [4.69, 9.17) is 4.74 Å². The molecule has 0 aliphatic heterocycles. The number of nitro groups is 1. The van der Waals surface area contributed by atoms with Crippen molar-refractivity contribution in [2.24, 2.45) is 0 Å². The summed E-state index contributed by atoms with van der Waals surface area (Å²) in [5.74, 6) is 0.374. The highest BCUT2D eigenvalue weighted by Gasteiger charge is 2.09. The molecule has 0 atom stereocenters. The first-order valence-corrected chi connectivity index (χ1v) is 5.03. The molecule has 0 N–H and O–H groups in total. The van der Waals surface area contributed by atoms with Gasteiger partial charge >= 0.3 is 0 Å². The van der Waals surface area contributed by atoms with E-state index in [1.807, 2.05) is 0 Å². The summed E-state index contributed by atoms with van der Waals surface area (Å²) in [4.78, 5) is 24.7. The van der Waals surface area contributed by atoms with Crippen molar-refractivity contribution in [3.05, 3.63) is 58.3 Å².